The summed E-state index contributed by atoms with van der Waals surface area (Å²) in [6.07, 6.45) is 1.28. The highest BCUT2D eigenvalue weighted by Crippen LogP contribution is 2.30. The van der Waals surface area contributed by atoms with Crippen LogP contribution in [-0.4, -0.2) is 78.6 Å². The van der Waals surface area contributed by atoms with E-state index in [0.29, 0.717) is 30.4 Å². The van der Waals surface area contributed by atoms with Crippen molar-refractivity contribution >= 4 is 50.1 Å². The molecular formula is C23H28N6O3S2. The molecule has 0 unspecified atom stereocenters. The average Bonchev–Trinajstić information content (AvgIpc) is 3.34. The van der Waals surface area contributed by atoms with Gasteiger partial charge in [-0.05, 0) is 44.2 Å². The lowest BCUT2D eigenvalue weighted by molar-refractivity contribution is -0.120. The van der Waals surface area contributed by atoms with Gasteiger partial charge in [0, 0.05) is 39.3 Å². The molecule has 0 radical (unpaired) electrons. The predicted octanol–water partition coefficient (Wildman–Crippen LogP) is 2.48. The van der Waals surface area contributed by atoms with Crippen LogP contribution in [0.2, 0.25) is 0 Å². The molecule has 2 fully saturated rings. The van der Waals surface area contributed by atoms with Crippen molar-refractivity contribution in [3.05, 3.63) is 42.5 Å². The van der Waals surface area contributed by atoms with Crippen LogP contribution < -0.4 is 10.2 Å². The van der Waals surface area contributed by atoms with Crippen LogP contribution in [0.25, 0.3) is 11.0 Å². The van der Waals surface area contributed by atoms with E-state index in [1.54, 1.807) is 18.2 Å². The van der Waals surface area contributed by atoms with Crippen LogP contribution in [-0.2, 0) is 14.8 Å². The number of piperidine rings is 1. The van der Waals surface area contributed by atoms with E-state index < -0.39 is 15.9 Å². The van der Waals surface area contributed by atoms with Crippen LogP contribution in [0.5, 0.6) is 0 Å². The number of nitrogens with zero attached hydrogens (tertiary/aromatic N) is 5. The number of para-hydroxylation sites is 2. The Morgan fingerprint density at radius 3 is 2.65 bits per heavy atom. The minimum atomic E-state index is -3.78. The van der Waals surface area contributed by atoms with Crippen molar-refractivity contribution in [3.8, 4) is 0 Å². The van der Waals surface area contributed by atoms with E-state index in [1.807, 2.05) is 24.3 Å². The van der Waals surface area contributed by atoms with E-state index in [1.165, 1.54) is 4.31 Å². The Labute approximate surface area is 203 Å². The zero-order chi connectivity index (χ0) is 23.7. The summed E-state index contributed by atoms with van der Waals surface area (Å²) < 4.78 is 36.6. The van der Waals surface area contributed by atoms with Crippen molar-refractivity contribution in [2.45, 2.75) is 17.7 Å². The fraction of sp³-hybridized carbons (Fsp3) is 0.435. The van der Waals surface area contributed by atoms with Gasteiger partial charge in [-0.25, -0.2) is 8.42 Å². The topological polar surface area (TPSA) is 98.7 Å². The number of fused-ring (bicyclic) bond motifs is 1. The normalized spacial score (nSPS) is 20.5. The van der Waals surface area contributed by atoms with Gasteiger partial charge in [0.2, 0.25) is 15.9 Å². The van der Waals surface area contributed by atoms with Gasteiger partial charge in [-0.1, -0.05) is 18.2 Å². The van der Waals surface area contributed by atoms with Crippen LogP contribution >= 0.6 is 11.7 Å². The maximum atomic E-state index is 13.4. The molecular weight excluding hydrogens is 472 g/mol. The molecule has 180 valence electrons. The van der Waals surface area contributed by atoms with E-state index >= 15 is 0 Å². The van der Waals surface area contributed by atoms with Crippen molar-refractivity contribution < 1.29 is 13.2 Å². The van der Waals surface area contributed by atoms with Crippen LogP contribution in [0.15, 0.2) is 47.4 Å². The summed E-state index contributed by atoms with van der Waals surface area (Å²) >= 11 is 0.996. The number of sulfonamides is 1. The lowest BCUT2D eigenvalue weighted by atomic mass is 9.98. The number of hydrogen-bond donors (Lipinski definition) is 1. The molecule has 2 aromatic carbocycles. The summed E-state index contributed by atoms with van der Waals surface area (Å²) in [6.45, 7) is 4.28. The molecule has 9 nitrogen and oxygen atoms in total. The molecule has 1 atom stereocenters. The van der Waals surface area contributed by atoms with E-state index in [0.717, 1.165) is 49.3 Å². The van der Waals surface area contributed by atoms with Crippen LogP contribution in [0.1, 0.15) is 12.8 Å². The number of benzene rings is 2. The first-order valence-corrected chi connectivity index (χ1v) is 13.7. The van der Waals surface area contributed by atoms with Crippen LogP contribution in [0, 0.1) is 5.92 Å². The monoisotopic (exact) mass is 500 g/mol. The molecule has 0 bridgehead atoms. The van der Waals surface area contributed by atoms with Gasteiger partial charge < -0.3 is 15.1 Å². The Balaban J connectivity index is 1.32. The fourth-order valence-corrected chi connectivity index (χ4v) is 6.92. The molecule has 1 N–H and O–H groups in total. The quantitative estimate of drug-likeness (QED) is 0.575. The van der Waals surface area contributed by atoms with Gasteiger partial charge in [-0.15, -0.1) is 0 Å². The van der Waals surface area contributed by atoms with Gasteiger partial charge in [0.1, 0.15) is 15.9 Å². The molecule has 0 spiro atoms. The number of piperazine rings is 1. The van der Waals surface area contributed by atoms with Gasteiger partial charge in [0.15, 0.2) is 0 Å². The largest absolute Gasteiger partial charge is 0.367 e. The second-order valence-corrected chi connectivity index (χ2v) is 11.3. The van der Waals surface area contributed by atoms with Gasteiger partial charge in [0.25, 0.3) is 0 Å². The standard InChI is InChI=1S/C23H28N6O3S2/c1-27-12-14-28(15-13-27)20-9-3-2-7-18(20)24-23(30)17-6-5-11-29(16-17)34(31,32)21-10-4-8-19-22(21)26-33-25-19/h2-4,7-10,17H,5-6,11-16H2,1H3,(H,24,30)/t17-/m1/s1. The highest BCUT2D eigenvalue weighted by molar-refractivity contribution is 7.89. The second-order valence-electron chi connectivity index (χ2n) is 8.89. The molecule has 34 heavy (non-hydrogen) atoms. The lowest BCUT2D eigenvalue weighted by Crippen LogP contribution is -2.45. The SMILES string of the molecule is CN1CCN(c2ccccc2NC(=O)[C@@H]2CCCN(S(=O)(=O)c3cccc4nsnc34)C2)CC1. The molecule has 1 aromatic heterocycles. The van der Waals surface area contributed by atoms with Gasteiger partial charge in [-0.2, -0.15) is 13.1 Å². The highest BCUT2D eigenvalue weighted by atomic mass is 32.2. The van der Waals surface area contributed by atoms with Gasteiger partial charge in [-0.3, -0.25) is 4.79 Å². The van der Waals surface area contributed by atoms with Crippen molar-refractivity contribution in [2.75, 3.05) is 56.5 Å². The van der Waals surface area contributed by atoms with Gasteiger partial charge in [0.05, 0.1) is 29.0 Å². The number of anilines is 2. The predicted molar refractivity (Wildman–Crippen MR) is 134 cm³/mol. The smallest absolute Gasteiger partial charge is 0.245 e. The molecule has 3 aromatic rings. The number of rotatable bonds is 5. The minimum absolute atomic E-state index is 0.144. The number of likely N-dealkylation sites (N-methyl/N-ethyl adjacent to an activating group) is 1. The fourth-order valence-electron chi connectivity index (χ4n) is 4.64. The van der Waals surface area contributed by atoms with Crippen molar-refractivity contribution in [3.63, 3.8) is 0 Å². The molecule has 0 aliphatic carbocycles. The first-order valence-electron chi connectivity index (χ1n) is 11.5. The lowest BCUT2D eigenvalue weighted by Gasteiger charge is -2.35. The zero-order valence-corrected chi connectivity index (χ0v) is 20.7. The van der Waals surface area contributed by atoms with Crippen molar-refractivity contribution in [1.29, 1.82) is 0 Å². The van der Waals surface area contributed by atoms with E-state index in [2.05, 4.69) is 30.9 Å². The third kappa shape index (κ3) is 4.52. The number of hydrogen-bond acceptors (Lipinski definition) is 8. The Morgan fingerprint density at radius 1 is 1.03 bits per heavy atom. The number of carbonyl (C=O) groups is 1. The summed E-state index contributed by atoms with van der Waals surface area (Å²) in [5.41, 5.74) is 2.74. The van der Waals surface area contributed by atoms with Crippen LogP contribution in [0.3, 0.4) is 0 Å². The molecule has 2 aliphatic rings. The zero-order valence-electron chi connectivity index (χ0n) is 19.1. The summed E-state index contributed by atoms with van der Waals surface area (Å²) in [7, 11) is -1.67. The maximum Gasteiger partial charge on any atom is 0.245 e. The number of amides is 1. The number of nitrogens with one attached hydrogen (secondary N) is 1. The Hall–Kier alpha value is -2.60. The average molecular weight is 501 g/mol. The number of carbonyl (C=O) groups excluding carboxylic acids is 1. The first kappa shape index (κ1) is 23.2. The van der Waals surface area contributed by atoms with E-state index in [9.17, 15) is 13.2 Å². The van der Waals surface area contributed by atoms with E-state index in [-0.39, 0.29) is 17.3 Å². The molecule has 0 saturated carbocycles. The Bertz CT molecular complexity index is 1290. The first-order chi connectivity index (χ1) is 16.4. The minimum Gasteiger partial charge on any atom is -0.367 e. The Morgan fingerprint density at radius 2 is 1.82 bits per heavy atom. The maximum absolute atomic E-state index is 13.4. The molecule has 5 rings (SSSR count). The third-order valence-corrected chi connectivity index (χ3v) is 9.07. The number of aromatic nitrogens is 2. The molecule has 11 heteroatoms. The molecule has 2 aliphatic heterocycles. The van der Waals surface area contributed by atoms with E-state index in [4.69, 9.17) is 0 Å². The van der Waals surface area contributed by atoms with Gasteiger partial charge >= 0.3 is 0 Å². The summed E-state index contributed by atoms with van der Waals surface area (Å²) in [5, 5.41) is 3.09. The molecule has 1 amide bonds. The summed E-state index contributed by atoms with van der Waals surface area (Å²) in [5.74, 6) is -0.563. The van der Waals surface area contributed by atoms with Crippen molar-refractivity contribution in [1.82, 2.24) is 18.0 Å². The van der Waals surface area contributed by atoms with Crippen molar-refractivity contribution in [2.24, 2.45) is 5.92 Å². The third-order valence-electron chi connectivity index (χ3n) is 6.63. The Kier molecular flexibility index (Phi) is 6.52. The highest BCUT2D eigenvalue weighted by Gasteiger charge is 2.35. The summed E-state index contributed by atoms with van der Waals surface area (Å²) in [4.78, 5) is 18.0. The summed E-state index contributed by atoms with van der Waals surface area (Å²) in [6, 6.07) is 12.8. The molecule has 3 heterocycles. The van der Waals surface area contributed by atoms with Crippen LogP contribution in [0.4, 0.5) is 11.4 Å². The second kappa shape index (κ2) is 9.57. The molecule has 2 saturated heterocycles.